The first-order valence-electron chi connectivity index (χ1n) is 6.87. The molecular formula is C15H23N3O4. The van der Waals surface area contributed by atoms with Crippen LogP contribution in [0.4, 0.5) is 16.2 Å². The number of hydrogen-bond donors (Lipinski definition) is 3. The van der Waals surface area contributed by atoms with Gasteiger partial charge in [-0.2, -0.15) is 0 Å². The highest BCUT2D eigenvalue weighted by atomic mass is 16.6. The van der Waals surface area contributed by atoms with Crippen LogP contribution in [0, 0.1) is 0 Å². The first-order valence-corrected chi connectivity index (χ1v) is 6.87. The SMILES string of the molecule is COC[C@H](NC(=O)OC(C)(C)C)C(=O)Nc1ccccc1N. The summed E-state index contributed by atoms with van der Waals surface area (Å²) in [6.07, 6.45) is -0.689. The van der Waals surface area contributed by atoms with E-state index in [1.54, 1.807) is 45.0 Å². The fraction of sp³-hybridized carbons (Fsp3) is 0.467. The van der Waals surface area contributed by atoms with E-state index in [1.807, 2.05) is 0 Å². The molecule has 7 nitrogen and oxygen atoms in total. The van der Waals surface area contributed by atoms with Crippen LogP contribution >= 0.6 is 0 Å². The van der Waals surface area contributed by atoms with Crippen molar-refractivity contribution in [3.63, 3.8) is 0 Å². The third-order valence-electron chi connectivity index (χ3n) is 2.56. The Morgan fingerprint density at radius 2 is 1.91 bits per heavy atom. The Kier molecular flexibility index (Phi) is 6.18. The van der Waals surface area contributed by atoms with E-state index in [1.165, 1.54) is 7.11 Å². The predicted octanol–water partition coefficient (Wildman–Crippen LogP) is 1.75. The number of rotatable bonds is 5. The molecule has 0 aliphatic heterocycles. The molecule has 1 aromatic rings. The zero-order chi connectivity index (χ0) is 16.8. The maximum absolute atomic E-state index is 12.2. The van der Waals surface area contributed by atoms with Crippen LogP contribution in [0.3, 0.4) is 0 Å². The van der Waals surface area contributed by atoms with E-state index in [0.717, 1.165) is 0 Å². The molecule has 1 rings (SSSR count). The van der Waals surface area contributed by atoms with Gasteiger partial charge in [0.2, 0.25) is 5.91 Å². The number of nitrogens with one attached hydrogen (secondary N) is 2. The standard InChI is InChI=1S/C15H23N3O4/c1-15(2,3)22-14(20)18-12(9-21-4)13(19)17-11-8-6-5-7-10(11)16/h5-8,12H,9,16H2,1-4H3,(H,17,19)(H,18,20)/t12-/m0/s1. The lowest BCUT2D eigenvalue weighted by Crippen LogP contribution is -2.48. The van der Waals surface area contributed by atoms with Crippen LogP contribution in [0.25, 0.3) is 0 Å². The molecule has 4 N–H and O–H groups in total. The molecule has 0 radical (unpaired) electrons. The topological polar surface area (TPSA) is 103 Å². The Hall–Kier alpha value is -2.28. The third kappa shape index (κ3) is 6.01. The van der Waals surface area contributed by atoms with E-state index in [0.29, 0.717) is 11.4 Å². The van der Waals surface area contributed by atoms with E-state index >= 15 is 0 Å². The molecule has 2 amide bonds. The summed E-state index contributed by atoms with van der Waals surface area (Å²) in [6.45, 7) is 5.23. The average molecular weight is 309 g/mol. The van der Waals surface area contributed by atoms with E-state index < -0.39 is 23.6 Å². The van der Waals surface area contributed by atoms with Crippen molar-refractivity contribution in [2.75, 3.05) is 24.8 Å². The number of methoxy groups -OCH3 is 1. The second-order valence-electron chi connectivity index (χ2n) is 5.73. The molecule has 0 aliphatic carbocycles. The number of nitrogen functional groups attached to an aromatic ring is 1. The van der Waals surface area contributed by atoms with Gasteiger partial charge < -0.3 is 25.8 Å². The molecule has 1 atom stereocenters. The van der Waals surface area contributed by atoms with Crippen LogP contribution in [0.15, 0.2) is 24.3 Å². The van der Waals surface area contributed by atoms with Crippen LogP contribution in [0.1, 0.15) is 20.8 Å². The van der Waals surface area contributed by atoms with Gasteiger partial charge >= 0.3 is 6.09 Å². The minimum atomic E-state index is -0.889. The molecule has 0 unspecified atom stereocenters. The molecule has 7 heteroatoms. The Balaban J connectivity index is 2.71. The van der Waals surface area contributed by atoms with Gasteiger partial charge in [0.15, 0.2) is 0 Å². The molecule has 1 aromatic carbocycles. The summed E-state index contributed by atoms with van der Waals surface area (Å²) >= 11 is 0. The number of carbonyl (C=O) groups excluding carboxylic acids is 2. The fourth-order valence-corrected chi connectivity index (χ4v) is 1.63. The number of hydrogen-bond acceptors (Lipinski definition) is 5. The normalized spacial score (nSPS) is 12.4. The van der Waals surface area contributed by atoms with Gasteiger partial charge in [-0.1, -0.05) is 12.1 Å². The molecule has 0 aliphatic rings. The monoisotopic (exact) mass is 309 g/mol. The van der Waals surface area contributed by atoms with E-state index in [2.05, 4.69) is 10.6 Å². The maximum atomic E-state index is 12.2. The number of para-hydroxylation sites is 2. The Morgan fingerprint density at radius 3 is 2.45 bits per heavy atom. The molecule has 0 heterocycles. The first kappa shape index (κ1) is 17.8. The van der Waals surface area contributed by atoms with Gasteiger partial charge in [0.1, 0.15) is 11.6 Å². The van der Waals surface area contributed by atoms with Crippen molar-refractivity contribution in [2.45, 2.75) is 32.4 Å². The van der Waals surface area contributed by atoms with Crippen molar-refractivity contribution < 1.29 is 19.1 Å². The van der Waals surface area contributed by atoms with E-state index in [-0.39, 0.29) is 6.61 Å². The summed E-state index contributed by atoms with van der Waals surface area (Å²) in [5, 5.41) is 5.12. The van der Waals surface area contributed by atoms with Gasteiger partial charge in [-0.05, 0) is 32.9 Å². The molecule has 22 heavy (non-hydrogen) atoms. The predicted molar refractivity (Wildman–Crippen MR) is 84.5 cm³/mol. The molecule has 0 aromatic heterocycles. The highest BCUT2D eigenvalue weighted by Gasteiger charge is 2.24. The van der Waals surface area contributed by atoms with Crippen LogP contribution in [0.2, 0.25) is 0 Å². The number of nitrogens with two attached hydrogens (primary N) is 1. The molecule has 122 valence electrons. The summed E-state index contributed by atoms with van der Waals surface area (Å²) in [7, 11) is 1.44. The summed E-state index contributed by atoms with van der Waals surface area (Å²) in [5.74, 6) is -0.439. The highest BCUT2D eigenvalue weighted by molar-refractivity contribution is 5.98. The van der Waals surface area contributed by atoms with Crippen LogP contribution in [0.5, 0.6) is 0 Å². The second kappa shape index (κ2) is 7.65. The van der Waals surface area contributed by atoms with Gasteiger partial charge in [0.25, 0.3) is 0 Å². The maximum Gasteiger partial charge on any atom is 0.408 e. The van der Waals surface area contributed by atoms with Crippen molar-refractivity contribution in [1.29, 1.82) is 0 Å². The zero-order valence-corrected chi connectivity index (χ0v) is 13.3. The minimum Gasteiger partial charge on any atom is -0.444 e. The largest absolute Gasteiger partial charge is 0.444 e. The van der Waals surface area contributed by atoms with Gasteiger partial charge in [-0.3, -0.25) is 4.79 Å². The van der Waals surface area contributed by atoms with Crippen molar-refractivity contribution in [1.82, 2.24) is 5.32 Å². The lowest BCUT2D eigenvalue weighted by molar-refractivity contribution is -0.119. The van der Waals surface area contributed by atoms with Gasteiger partial charge in [-0.25, -0.2) is 4.79 Å². The molecule has 0 bridgehead atoms. The summed E-state index contributed by atoms with van der Waals surface area (Å²) in [5.41, 5.74) is 6.03. The van der Waals surface area contributed by atoms with Gasteiger partial charge in [0, 0.05) is 7.11 Å². The number of anilines is 2. The molecule has 0 spiro atoms. The summed E-state index contributed by atoms with van der Waals surface area (Å²) < 4.78 is 10.1. The number of carbonyl (C=O) groups is 2. The molecular weight excluding hydrogens is 286 g/mol. The summed E-state index contributed by atoms with van der Waals surface area (Å²) in [6, 6.07) is 5.96. The van der Waals surface area contributed by atoms with Crippen molar-refractivity contribution >= 4 is 23.4 Å². The third-order valence-corrected chi connectivity index (χ3v) is 2.56. The average Bonchev–Trinajstić information content (AvgIpc) is 2.38. The van der Waals surface area contributed by atoms with Crippen molar-refractivity contribution in [3.05, 3.63) is 24.3 Å². The smallest absolute Gasteiger partial charge is 0.408 e. The fourth-order valence-electron chi connectivity index (χ4n) is 1.63. The van der Waals surface area contributed by atoms with Crippen molar-refractivity contribution in [3.8, 4) is 0 Å². The van der Waals surface area contributed by atoms with Crippen LogP contribution in [-0.2, 0) is 14.3 Å². The minimum absolute atomic E-state index is 0.0117. The summed E-state index contributed by atoms with van der Waals surface area (Å²) in [4.78, 5) is 24.0. The van der Waals surface area contributed by atoms with Crippen molar-refractivity contribution in [2.24, 2.45) is 0 Å². The van der Waals surface area contributed by atoms with E-state index in [9.17, 15) is 9.59 Å². The lowest BCUT2D eigenvalue weighted by atomic mass is 10.2. The van der Waals surface area contributed by atoms with E-state index in [4.69, 9.17) is 15.2 Å². The Morgan fingerprint density at radius 1 is 1.27 bits per heavy atom. The van der Waals surface area contributed by atoms with Gasteiger partial charge in [0.05, 0.1) is 18.0 Å². The quantitative estimate of drug-likeness (QED) is 0.719. The lowest BCUT2D eigenvalue weighted by Gasteiger charge is -2.23. The molecule has 0 fully saturated rings. The molecule has 0 saturated heterocycles. The zero-order valence-electron chi connectivity index (χ0n) is 13.3. The Labute approximate surface area is 130 Å². The number of alkyl carbamates (subject to hydrolysis) is 1. The second-order valence-corrected chi connectivity index (χ2v) is 5.73. The molecule has 0 saturated carbocycles. The number of amides is 2. The number of ether oxygens (including phenoxy) is 2. The first-order chi connectivity index (χ1) is 10.2. The van der Waals surface area contributed by atoms with Crippen LogP contribution in [-0.4, -0.2) is 37.4 Å². The highest BCUT2D eigenvalue weighted by Crippen LogP contribution is 2.17. The number of benzene rings is 1. The van der Waals surface area contributed by atoms with Crippen LogP contribution < -0.4 is 16.4 Å². The van der Waals surface area contributed by atoms with Gasteiger partial charge in [-0.15, -0.1) is 0 Å². The Bertz CT molecular complexity index is 526.